The van der Waals surface area contributed by atoms with Gasteiger partial charge in [-0.1, -0.05) is 72.8 Å². The van der Waals surface area contributed by atoms with E-state index < -0.39 is 5.60 Å². The average molecular weight is 607 g/mol. The van der Waals surface area contributed by atoms with Crippen LogP contribution >= 0.6 is 0 Å². The predicted octanol–water partition coefficient (Wildman–Crippen LogP) is 7.07. The van der Waals surface area contributed by atoms with Crippen LogP contribution in [0.15, 0.2) is 103 Å². The van der Waals surface area contributed by atoms with Crippen LogP contribution in [0.4, 0.5) is 11.4 Å². The normalized spacial score (nSPS) is 20.3. The summed E-state index contributed by atoms with van der Waals surface area (Å²) in [6.07, 6.45) is 4.26. The largest absolute Gasteiger partial charge is 0.472 e. The quantitative estimate of drug-likeness (QED) is 0.214. The summed E-state index contributed by atoms with van der Waals surface area (Å²) in [7, 11) is 0. The number of fused-ring (bicyclic) bond motifs is 8. The van der Waals surface area contributed by atoms with Gasteiger partial charge in [-0.05, 0) is 47.4 Å². The maximum atomic E-state index is 14.4. The Morgan fingerprint density at radius 3 is 1.91 bits per heavy atom. The molecule has 1 unspecified atom stereocenters. The van der Waals surface area contributed by atoms with Crippen LogP contribution in [0, 0.1) is 0 Å². The molecule has 2 saturated heterocycles. The van der Waals surface area contributed by atoms with E-state index in [1.165, 1.54) is 5.69 Å². The van der Waals surface area contributed by atoms with Crippen molar-refractivity contribution in [3.8, 4) is 16.9 Å². The van der Waals surface area contributed by atoms with Crippen molar-refractivity contribution >= 4 is 34.0 Å². The third-order valence-electron chi connectivity index (χ3n) is 9.95. The van der Waals surface area contributed by atoms with Gasteiger partial charge in [0.15, 0.2) is 11.4 Å². The lowest BCUT2D eigenvalue weighted by Gasteiger charge is -2.37. The van der Waals surface area contributed by atoms with E-state index in [2.05, 4.69) is 107 Å². The van der Waals surface area contributed by atoms with Crippen molar-refractivity contribution in [1.29, 1.82) is 0 Å². The smallest absolute Gasteiger partial charge is 0.195 e. The molecule has 0 N–H and O–H groups in total. The summed E-state index contributed by atoms with van der Waals surface area (Å²) >= 11 is 0. The van der Waals surface area contributed by atoms with E-state index in [4.69, 9.17) is 14.2 Å². The van der Waals surface area contributed by atoms with Crippen molar-refractivity contribution in [2.24, 2.45) is 0 Å². The summed E-state index contributed by atoms with van der Waals surface area (Å²) in [5.41, 5.74) is 7.76. The molecule has 3 heterocycles. The van der Waals surface area contributed by atoms with Gasteiger partial charge in [0.25, 0.3) is 0 Å². The number of hydrogen-bond donors (Lipinski definition) is 0. The van der Waals surface area contributed by atoms with Gasteiger partial charge in [-0.15, -0.1) is 0 Å². The highest BCUT2D eigenvalue weighted by Crippen LogP contribution is 2.53. The summed E-state index contributed by atoms with van der Waals surface area (Å²) in [5.74, 6) is 0.796. The minimum atomic E-state index is -0.868. The van der Waals surface area contributed by atoms with Gasteiger partial charge in [-0.2, -0.15) is 0 Å². The number of nitrogens with zero attached hydrogens (tertiary/aromatic N) is 2. The maximum absolute atomic E-state index is 14.4. The summed E-state index contributed by atoms with van der Waals surface area (Å²) in [6, 6.07) is 33.8. The molecule has 1 atom stereocenters. The van der Waals surface area contributed by atoms with Crippen LogP contribution < -0.4 is 14.5 Å². The number of rotatable bonds is 4. The van der Waals surface area contributed by atoms with Gasteiger partial charge < -0.3 is 24.0 Å². The van der Waals surface area contributed by atoms with E-state index in [1.807, 2.05) is 12.1 Å². The Kier molecular flexibility index (Phi) is 6.47. The second kappa shape index (κ2) is 10.9. The molecule has 0 saturated carbocycles. The van der Waals surface area contributed by atoms with E-state index in [1.54, 1.807) is 0 Å². The summed E-state index contributed by atoms with van der Waals surface area (Å²) in [5, 5.41) is 2.03. The monoisotopic (exact) mass is 606 g/mol. The molecule has 228 valence electrons. The van der Waals surface area contributed by atoms with Crippen LogP contribution in [-0.4, -0.2) is 58.4 Å². The van der Waals surface area contributed by atoms with Crippen molar-refractivity contribution in [1.82, 2.24) is 0 Å². The minimum absolute atomic E-state index is 0.0532. The number of anilines is 2. The second-order valence-electron chi connectivity index (χ2n) is 12.4. The Balaban J connectivity index is 1.19. The molecule has 5 aromatic rings. The fourth-order valence-corrected chi connectivity index (χ4v) is 7.60. The van der Waals surface area contributed by atoms with Gasteiger partial charge in [0.2, 0.25) is 0 Å². The number of morpholine rings is 2. The minimum Gasteiger partial charge on any atom is -0.472 e. The van der Waals surface area contributed by atoms with Crippen LogP contribution in [0.1, 0.15) is 32.6 Å². The fourth-order valence-electron chi connectivity index (χ4n) is 7.60. The van der Waals surface area contributed by atoms with Crippen molar-refractivity contribution < 1.29 is 19.0 Å². The van der Waals surface area contributed by atoms with Gasteiger partial charge in [-0.25, -0.2) is 0 Å². The van der Waals surface area contributed by atoms with E-state index in [0.29, 0.717) is 13.2 Å². The van der Waals surface area contributed by atoms with Gasteiger partial charge in [0, 0.05) is 76.3 Å². The van der Waals surface area contributed by atoms with Crippen molar-refractivity contribution in [2.75, 3.05) is 62.4 Å². The third kappa shape index (κ3) is 4.21. The van der Waals surface area contributed by atoms with E-state index in [0.717, 1.165) is 101 Å². The lowest BCUT2D eigenvalue weighted by atomic mass is 9.82. The van der Waals surface area contributed by atoms with Gasteiger partial charge in [0.05, 0.1) is 26.4 Å². The standard InChI is InChI=1S/C40H34N2O4/c43-38-35-26-30(42-20-24-45-25-21-42)14-15-32(35)36-31-8-4-5-9-33(31)39-34(37(36)38)16-17-40(46-39,27-6-2-1-3-7-27)28-10-12-29(13-11-28)41-18-22-44-23-19-41/h1-17,26H,18-25H2. The number of carbonyl (C=O) groups excluding carboxylic acids is 1. The summed E-state index contributed by atoms with van der Waals surface area (Å²) in [6.45, 7) is 6.30. The lowest BCUT2D eigenvalue weighted by Crippen LogP contribution is -2.37. The van der Waals surface area contributed by atoms with E-state index in [9.17, 15) is 4.79 Å². The maximum Gasteiger partial charge on any atom is 0.195 e. The van der Waals surface area contributed by atoms with Crippen LogP contribution in [0.25, 0.3) is 28.0 Å². The molecule has 1 aliphatic carbocycles. The Morgan fingerprint density at radius 1 is 0.587 bits per heavy atom. The zero-order valence-corrected chi connectivity index (χ0v) is 25.6. The van der Waals surface area contributed by atoms with Crippen molar-refractivity contribution in [2.45, 2.75) is 5.60 Å². The topological polar surface area (TPSA) is 51.2 Å². The molecule has 5 aromatic carbocycles. The number of ether oxygens (including phenoxy) is 3. The molecule has 9 rings (SSSR count). The zero-order valence-electron chi connectivity index (χ0n) is 25.6. The van der Waals surface area contributed by atoms with Crippen LogP contribution in [0.2, 0.25) is 0 Å². The predicted molar refractivity (Wildman–Crippen MR) is 182 cm³/mol. The Labute approximate surface area is 268 Å². The first-order valence-corrected chi connectivity index (χ1v) is 16.2. The molecular weight excluding hydrogens is 572 g/mol. The van der Waals surface area contributed by atoms with Crippen LogP contribution in [0.3, 0.4) is 0 Å². The van der Waals surface area contributed by atoms with Crippen molar-refractivity contribution in [3.63, 3.8) is 0 Å². The molecule has 3 aliphatic heterocycles. The molecule has 0 bridgehead atoms. The van der Waals surface area contributed by atoms with Crippen LogP contribution in [0.5, 0.6) is 5.75 Å². The number of hydrogen-bond acceptors (Lipinski definition) is 6. The molecule has 46 heavy (non-hydrogen) atoms. The number of carbonyl (C=O) groups is 1. The summed E-state index contributed by atoms with van der Waals surface area (Å²) in [4.78, 5) is 19.0. The Bertz CT molecular complexity index is 2010. The SMILES string of the molecule is O=C1c2cc(N3CCOCC3)ccc2-c2c1c1c(c3ccccc23)OC(c2ccccc2)(c2ccc(N3CCOCC3)cc2)C=C1. The molecular formula is C40H34N2O4. The number of ketones is 1. The van der Waals surface area contributed by atoms with Crippen LogP contribution in [-0.2, 0) is 15.1 Å². The average Bonchev–Trinajstić information content (AvgIpc) is 3.44. The fraction of sp³-hybridized carbons (Fsp3) is 0.225. The molecule has 6 heteroatoms. The van der Waals surface area contributed by atoms with Gasteiger partial charge in [0.1, 0.15) is 5.75 Å². The van der Waals surface area contributed by atoms with Gasteiger partial charge in [-0.3, -0.25) is 4.79 Å². The molecule has 6 nitrogen and oxygen atoms in total. The molecule has 2 fully saturated rings. The number of benzene rings is 5. The zero-order chi connectivity index (χ0) is 30.7. The lowest BCUT2D eigenvalue weighted by molar-refractivity contribution is 0.104. The summed E-state index contributed by atoms with van der Waals surface area (Å²) < 4.78 is 18.4. The molecule has 0 aromatic heterocycles. The first-order chi connectivity index (χ1) is 22.7. The van der Waals surface area contributed by atoms with E-state index in [-0.39, 0.29) is 5.78 Å². The molecule has 0 radical (unpaired) electrons. The molecule has 0 spiro atoms. The Morgan fingerprint density at radius 2 is 1.20 bits per heavy atom. The van der Waals surface area contributed by atoms with Gasteiger partial charge >= 0.3 is 0 Å². The molecule has 0 amide bonds. The Hall–Kier alpha value is -4.91. The second-order valence-corrected chi connectivity index (χ2v) is 12.4. The highest BCUT2D eigenvalue weighted by atomic mass is 16.5. The third-order valence-corrected chi connectivity index (χ3v) is 9.95. The first kappa shape index (κ1) is 27.4. The van der Waals surface area contributed by atoms with E-state index >= 15 is 0 Å². The first-order valence-electron chi connectivity index (χ1n) is 16.2. The van der Waals surface area contributed by atoms with Crippen molar-refractivity contribution in [3.05, 3.63) is 131 Å². The highest BCUT2D eigenvalue weighted by molar-refractivity contribution is 6.29. The highest BCUT2D eigenvalue weighted by Gasteiger charge is 2.41. The molecule has 4 aliphatic rings.